The van der Waals surface area contributed by atoms with Crippen LogP contribution in [0.15, 0.2) is 18.2 Å². The van der Waals surface area contributed by atoms with Crippen molar-refractivity contribution in [1.82, 2.24) is 0 Å². The van der Waals surface area contributed by atoms with Crippen LogP contribution in [-0.2, 0) is 6.42 Å². The predicted octanol–water partition coefficient (Wildman–Crippen LogP) is 2.62. The molecule has 1 aromatic rings. The lowest BCUT2D eigenvalue weighted by molar-refractivity contribution is 0.410. The standard InChI is InChI=1S/C12H19NOS/c1-4-9-7-10(11(13)8-15-3)5-6-12(9)14-2/h5-7,11H,4,8,13H2,1-3H3. The van der Waals surface area contributed by atoms with E-state index in [1.165, 1.54) is 11.1 Å². The van der Waals surface area contributed by atoms with E-state index in [-0.39, 0.29) is 6.04 Å². The van der Waals surface area contributed by atoms with Crippen molar-refractivity contribution in [3.63, 3.8) is 0 Å². The van der Waals surface area contributed by atoms with Crippen LogP contribution in [0.4, 0.5) is 0 Å². The molecule has 0 fully saturated rings. The first-order chi connectivity index (χ1) is 7.22. The van der Waals surface area contributed by atoms with Crippen molar-refractivity contribution < 1.29 is 4.74 Å². The number of aryl methyl sites for hydroxylation is 1. The number of nitrogens with two attached hydrogens (primary N) is 1. The van der Waals surface area contributed by atoms with Crippen molar-refractivity contribution in [2.45, 2.75) is 19.4 Å². The van der Waals surface area contributed by atoms with Crippen molar-refractivity contribution in [1.29, 1.82) is 0 Å². The van der Waals surface area contributed by atoms with Crippen molar-refractivity contribution in [3.8, 4) is 5.75 Å². The lowest BCUT2D eigenvalue weighted by Gasteiger charge is -2.14. The summed E-state index contributed by atoms with van der Waals surface area (Å²) in [5.41, 5.74) is 8.48. The number of hydrogen-bond donors (Lipinski definition) is 1. The van der Waals surface area contributed by atoms with E-state index in [1.54, 1.807) is 18.9 Å². The molecule has 1 unspecified atom stereocenters. The molecule has 0 aliphatic rings. The molecule has 0 saturated heterocycles. The van der Waals surface area contributed by atoms with E-state index < -0.39 is 0 Å². The fourth-order valence-electron chi connectivity index (χ4n) is 1.58. The van der Waals surface area contributed by atoms with Crippen LogP contribution in [0.25, 0.3) is 0 Å². The fourth-order valence-corrected chi connectivity index (χ4v) is 2.13. The number of thioether (sulfide) groups is 1. The van der Waals surface area contributed by atoms with Gasteiger partial charge in [-0.3, -0.25) is 0 Å². The summed E-state index contributed by atoms with van der Waals surface area (Å²) in [5, 5.41) is 0. The monoisotopic (exact) mass is 225 g/mol. The smallest absolute Gasteiger partial charge is 0.122 e. The van der Waals surface area contributed by atoms with Crippen molar-refractivity contribution in [3.05, 3.63) is 29.3 Å². The number of rotatable bonds is 5. The Morgan fingerprint density at radius 3 is 2.73 bits per heavy atom. The summed E-state index contributed by atoms with van der Waals surface area (Å²) >= 11 is 1.77. The molecule has 0 aliphatic carbocycles. The Labute approximate surface area is 96.2 Å². The maximum atomic E-state index is 6.06. The minimum absolute atomic E-state index is 0.121. The molecule has 2 nitrogen and oxygen atoms in total. The Balaban J connectivity index is 2.92. The molecule has 1 aromatic carbocycles. The molecule has 0 aromatic heterocycles. The van der Waals surface area contributed by atoms with E-state index in [0.29, 0.717) is 0 Å². The maximum absolute atomic E-state index is 6.06. The molecule has 0 heterocycles. The normalized spacial score (nSPS) is 12.5. The van der Waals surface area contributed by atoms with Crippen LogP contribution in [0.3, 0.4) is 0 Å². The highest BCUT2D eigenvalue weighted by Gasteiger charge is 2.08. The van der Waals surface area contributed by atoms with Gasteiger partial charge in [0.1, 0.15) is 5.75 Å². The SMILES string of the molecule is CCc1cc(C(N)CSC)ccc1OC. The van der Waals surface area contributed by atoms with E-state index >= 15 is 0 Å². The van der Waals surface area contributed by atoms with Gasteiger partial charge >= 0.3 is 0 Å². The molecule has 2 N–H and O–H groups in total. The molecule has 15 heavy (non-hydrogen) atoms. The number of hydrogen-bond acceptors (Lipinski definition) is 3. The molecule has 1 atom stereocenters. The summed E-state index contributed by atoms with van der Waals surface area (Å²) in [7, 11) is 1.70. The van der Waals surface area contributed by atoms with Crippen LogP contribution in [0.2, 0.25) is 0 Å². The van der Waals surface area contributed by atoms with Crippen LogP contribution in [0, 0.1) is 0 Å². The number of methoxy groups -OCH3 is 1. The molecular weight excluding hydrogens is 206 g/mol. The van der Waals surface area contributed by atoms with Gasteiger partial charge in [0.05, 0.1) is 7.11 Å². The largest absolute Gasteiger partial charge is 0.496 e. The first-order valence-electron chi connectivity index (χ1n) is 5.14. The third-order valence-electron chi connectivity index (χ3n) is 2.46. The molecule has 0 spiro atoms. The molecule has 1 rings (SSSR count). The molecular formula is C12H19NOS. The fraction of sp³-hybridized carbons (Fsp3) is 0.500. The van der Waals surface area contributed by atoms with Crippen LogP contribution in [0.1, 0.15) is 24.1 Å². The number of ether oxygens (including phenoxy) is 1. The molecule has 0 saturated carbocycles. The highest BCUT2D eigenvalue weighted by molar-refractivity contribution is 7.98. The zero-order valence-corrected chi connectivity index (χ0v) is 10.4. The second kappa shape index (κ2) is 6.03. The quantitative estimate of drug-likeness (QED) is 0.836. The zero-order chi connectivity index (χ0) is 11.3. The van der Waals surface area contributed by atoms with Crippen LogP contribution >= 0.6 is 11.8 Å². The van der Waals surface area contributed by atoms with Crippen molar-refractivity contribution in [2.24, 2.45) is 5.73 Å². The Kier molecular flexibility index (Phi) is 4.99. The minimum atomic E-state index is 0.121. The lowest BCUT2D eigenvalue weighted by atomic mass is 10.0. The number of benzene rings is 1. The maximum Gasteiger partial charge on any atom is 0.122 e. The average molecular weight is 225 g/mol. The Morgan fingerprint density at radius 1 is 1.47 bits per heavy atom. The van der Waals surface area contributed by atoms with Crippen molar-refractivity contribution >= 4 is 11.8 Å². The Hall–Kier alpha value is -0.670. The van der Waals surface area contributed by atoms with Gasteiger partial charge in [0.15, 0.2) is 0 Å². The van der Waals surface area contributed by atoms with Crippen molar-refractivity contribution in [2.75, 3.05) is 19.1 Å². The van der Waals surface area contributed by atoms with E-state index in [9.17, 15) is 0 Å². The molecule has 3 heteroatoms. The van der Waals surface area contributed by atoms with Crippen LogP contribution < -0.4 is 10.5 Å². The molecule has 0 aliphatic heterocycles. The summed E-state index contributed by atoms with van der Waals surface area (Å²) in [6.07, 6.45) is 3.05. The summed E-state index contributed by atoms with van der Waals surface area (Å²) < 4.78 is 5.28. The Morgan fingerprint density at radius 2 is 2.20 bits per heavy atom. The molecule has 0 amide bonds. The van der Waals surface area contributed by atoms with Gasteiger partial charge in [-0.25, -0.2) is 0 Å². The lowest BCUT2D eigenvalue weighted by Crippen LogP contribution is -2.13. The first-order valence-corrected chi connectivity index (χ1v) is 6.53. The average Bonchev–Trinajstić information content (AvgIpc) is 2.28. The second-order valence-corrected chi connectivity index (χ2v) is 4.40. The van der Waals surface area contributed by atoms with Crippen LogP contribution in [0.5, 0.6) is 5.75 Å². The second-order valence-electron chi connectivity index (χ2n) is 3.49. The highest BCUT2D eigenvalue weighted by atomic mass is 32.2. The summed E-state index contributed by atoms with van der Waals surface area (Å²) in [6, 6.07) is 6.34. The Bertz CT molecular complexity index is 314. The van der Waals surface area contributed by atoms with Gasteiger partial charge in [0.25, 0.3) is 0 Å². The predicted molar refractivity (Wildman–Crippen MR) is 67.7 cm³/mol. The van der Waals surface area contributed by atoms with E-state index in [0.717, 1.165) is 17.9 Å². The first kappa shape index (κ1) is 12.4. The summed E-state index contributed by atoms with van der Waals surface area (Å²) in [6.45, 7) is 2.13. The van der Waals surface area contributed by atoms with Gasteiger partial charge in [0.2, 0.25) is 0 Å². The van der Waals surface area contributed by atoms with E-state index in [4.69, 9.17) is 10.5 Å². The van der Waals surface area contributed by atoms with Gasteiger partial charge in [-0.2, -0.15) is 11.8 Å². The minimum Gasteiger partial charge on any atom is -0.496 e. The zero-order valence-electron chi connectivity index (χ0n) is 9.62. The third-order valence-corrected chi connectivity index (χ3v) is 3.15. The highest BCUT2D eigenvalue weighted by Crippen LogP contribution is 2.24. The molecule has 0 radical (unpaired) electrons. The summed E-state index contributed by atoms with van der Waals surface area (Å²) in [4.78, 5) is 0. The topological polar surface area (TPSA) is 35.2 Å². The third kappa shape index (κ3) is 3.14. The summed E-state index contributed by atoms with van der Waals surface area (Å²) in [5.74, 6) is 1.91. The van der Waals surface area contributed by atoms with Gasteiger partial charge in [-0.15, -0.1) is 0 Å². The van der Waals surface area contributed by atoms with Gasteiger partial charge in [-0.1, -0.05) is 19.1 Å². The molecule has 0 bridgehead atoms. The van der Waals surface area contributed by atoms with Gasteiger partial charge in [0, 0.05) is 11.8 Å². The van der Waals surface area contributed by atoms with E-state index in [2.05, 4.69) is 25.3 Å². The molecule has 84 valence electrons. The van der Waals surface area contributed by atoms with Crippen LogP contribution in [-0.4, -0.2) is 19.1 Å². The van der Waals surface area contributed by atoms with E-state index in [1.807, 2.05) is 6.07 Å². The van der Waals surface area contributed by atoms with Gasteiger partial charge in [-0.05, 0) is 29.9 Å². The van der Waals surface area contributed by atoms with Gasteiger partial charge < -0.3 is 10.5 Å².